The van der Waals surface area contributed by atoms with Crippen LogP contribution in [0.2, 0.25) is 0 Å². The largest absolute Gasteiger partial charge is 0.484 e. The van der Waals surface area contributed by atoms with Gasteiger partial charge in [0.05, 0.1) is 12.2 Å². The molecular formula is C22H27NO4. The number of unbranched alkanes of at least 4 members (excludes halogenated alkanes) is 1. The van der Waals surface area contributed by atoms with E-state index in [1.165, 1.54) is 5.56 Å². The zero-order valence-electron chi connectivity index (χ0n) is 16.0. The molecule has 2 rings (SSSR count). The molecule has 0 aromatic heterocycles. The summed E-state index contributed by atoms with van der Waals surface area (Å²) in [4.78, 5) is 24.1. The molecule has 0 atom stereocenters. The van der Waals surface area contributed by atoms with E-state index in [0.717, 1.165) is 25.7 Å². The molecule has 0 aliphatic carbocycles. The first-order valence-electron chi connectivity index (χ1n) is 9.41. The molecule has 0 fully saturated rings. The number of hydrogen-bond donors (Lipinski definition) is 1. The average Bonchev–Trinajstić information content (AvgIpc) is 2.68. The Morgan fingerprint density at radius 2 is 1.78 bits per heavy atom. The minimum Gasteiger partial charge on any atom is -0.484 e. The van der Waals surface area contributed by atoms with E-state index in [4.69, 9.17) is 9.47 Å². The van der Waals surface area contributed by atoms with E-state index in [1.54, 1.807) is 24.3 Å². The van der Waals surface area contributed by atoms with Crippen LogP contribution in [-0.4, -0.2) is 25.1 Å². The van der Waals surface area contributed by atoms with Gasteiger partial charge in [-0.2, -0.15) is 0 Å². The number of benzene rings is 2. The van der Waals surface area contributed by atoms with Crippen molar-refractivity contribution in [1.82, 2.24) is 0 Å². The van der Waals surface area contributed by atoms with E-state index >= 15 is 0 Å². The summed E-state index contributed by atoms with van der Waals surface area (Å²) in [5, 5.41) is 2.73. The molecule has 0 aliphatic heterocycles. The minimum atomic E-state index is -0.386. The number of ether oxygens (including phenoxy) is 2. The molecule has 0 saturated carbocycles. The SMILES string of the molecule is CCCCOC(=O)c1cccc(NC(=O)COc2ccc(CCC)cc2)c1. The van der Waals surface area contributed by atoms with Crippen LogP contribution < -0.4 is 10.1 Å². The first-order valence-corrected chi connectivity index (χ1v) is 9.41. The Labute approximate surface area is 160 Å². The van der Waals surface area contributed by atoms with Crippen molar-refractivity contribution in [2.75, 3.05) is 18.5 Å². The molecule has 144 valence electrons. The standard InChI is InChI=1S/C22H27NO4/c1-3-5-14-26-22(25)18-8-6-9-19(15-18)23-21(24)16-27-20-12-10-17(7-4-2)11-13-20/h6,8-13,15H,3-5,7,14,16H2,1-2H3,(H,23,24). The van der Waals surface area contributed by atoms with E-state index in [2.05, 4.69) is 12.2 Å². The second kappa shape index (κ2) is 11.0. The number of aryl methyl sites for hydroxylation is 1. The topological polar surface area (TPSA) is 64.6 Å². The molecular weight excluding hydrogens is 342 g/mol. The number of nitrogens with one attached hydrogen (secondary N) is 1. The Morgan fingerprint density at radius 3 is 2.48 bits per heavy atom. The molecule has 2 aromatic carbocycles. The van der Waals surface area contributed by atoms with E-state index in [0.29, 0.717) is 23.6 Å². The summed E-state index contributed by atoms with van der Waals surface area (Å²) < 4.78 is 10.7. The first kappa shape index (κ1) is 20.5. The number of carbonyl (C=O) groups excluding carboxylic acids is 2. The van der Waals surface area contributed by atoms with Crippen molar-refractivity contribution in [2.45, 2.75) is 39.5 Å². The molecule has 5 heteroatoms. The van der Waals surface area contributed by atoms with Gasteiger partial charge in [-0.25, -0.2) is 4.79 Å². The van der Waals surface area contributed by atoms with Crippen LogP contribution in [-0.2, 0) is 16.0 Å². The van der Waals surface area contributed by atoms with Gasteiger partial charge in [0, 0.05) is 5.69 Å². The number of anilines is 1. The van der Waals surface area contributed by atoms with Crippen LogP contribution in [0.1, 0.15) is 49.0 Å². The summed E-state index contributed by atoms with van der Waals surface area (Å²) in [5.74, 6) is -0.0228. The second-order valence-corrected chi connectivity index (χ2v) is 6.30. The monoisotopic (exact) mass is 369 g/mol. The van der Waals surface area contributed by atoms with Crippen LogP contribution in [0.5, 0.6) is 5.75 Å². The lowest BCUT2D eigenvalue weighted by atomic mass is 10.1. The second-order valence-electron chi connectivity index (χ2n) is 6.30. The molecule has 0 bridgehead atoms. The highest BCUT2D eigenvalue weighted by Gasteiger charge is 2.09. The van der Waals surface area contributed by atoms with Gasteiger partial charge in [-0.05, 0) is 48.7 Å². The van der Waals surface area contributed by atoms with Gasteiger partial charge in [-0.1, -0.05) is 44.9 Å². The average molecular weight is 369 g/mol. The van der Waals surface area contributed by atoms with Gasteiger partial charge in [-0.3, -0.25) is 4.79 Å². The minimum absolute atomic E-state index is 0.0989. The van der Waals surface area contributed by atoms with Crippen LogP contribution in [0.15, 0.2) is 48.5 Å². The summed E-state index contributed by atoms with van der Waals surface area (Å²) in [5.41, 5.74) is 2.19. The van der Waals surface area contributed by atoms with E-state index in [1.807, 2.05) is 31.2 Å². The van der Waals surface area contributed by atoms with Crippen molar-refractivity contribution >= 4 is 17.6 Å². The summed E-state index contributed by atoms with van der Waals surface area (Å²) in [6.45, 7) is 4.47. The van der Waals surface area contributed by atoms with Gasteiger partial charge in [0.25, 0.3) is 5.91 Å². The third kappa shape index (κ3) is 7.13. The number of carbonyl (C=O) groups is 2. The fourth-order valence-electron chi connectivity index (χ4n) is 2.50. The van der Waals surface area contributed by atoms with Crippen LogP contribution in [0.3, 0.4) is 0 Å². The van der Waals surface area contributed by atoms with Crippen molar-refractivity contribution < 1.29 is 19.1 Å². The maximum Gasteiger partial charge on any atom is 0.338 e. The van der Waals surface area contributed by atoms with Gasteiger partial charge >= 0.3 is 5.97 Å². The summed E-state index contributed by atoms with van der Waals surface area (Å²) in [6, 6.07) is 14.4. The maximum absolute atomic E-state index is 12.1. The maximum atomic E-state index is 12.1. The Bertz CT molecular complexity index is 740. The lowest BCUT2D eigenvalue weighted by Gasteiger charge is -2.09. The number of amides is 1. The molecule has 0 heterocycles. The lowest BCUT2D eigenvalue weighted by molar-refractivity contribution is -0.118. The first-order chi connectivity index (χ1) is 13.1. The Kier molecular flexibility index (Phi) is 8.36. The van der Waals surface area contributed by atoms with Gasteiger partial charge < -0.3 is 14.8 Å². The number of hydrogen-bond acceptors (Lipinski definition) is 4. The fourth-order valence-corrected chi connectivity index (χ4v) is 2.50. The Morgan fingerprint density at radius 1 is 1.00 bits per heavy atom. The molecule has 0 saturated heterocycles. The quantitative estimate of drug-likeness (QED) is 0.490. The molecule has 0 radical (unpaired) electrons. The van der Waals surface area contributed by atoms with Crippen molar-refractivity contribution in [3.8, 4) is 5.75 Å². The number of esters is 1. The molecule has 1 amide bonds. The molecule has 5 nitrogen and oxygen atoms in total. The summed E-state index contributed by atoms with van der Waals surface area (Å²) >= 11 is 0. The van der Waals surface area contributed by atoms with E-state index in [9.17, 15) is 9.59 Å². The summed E-state index contributed by atoms with van der Waals surface area (Å²) in [6.07, 6.45) is 3.91. The smallest absolute Gasteiger partial charge is 0.338 e. The zero-order chi connectivity index (χ0) is 19.5. The van der Waals surface area contributed by atoms with Crippen LogP contribution in [0.4, 0.5) is 5.69 Å². The van der Waals surface area contributed by atoms with Gasteiger partial charge in [0.2, 0.25) is 0 Å². The van der Waals surface area contributed by atoms with Crippen LogP contribution >= 0.6 is 0 Å². The highest BCUT2D eigenvalue weighted by molar-refractivity contribution is 5.95. The van der Waals surface area contributed by atoms with E-state index in [-0.39, 0.29) is 18.5 Å². The van der Waals surface area contributed by atoms with Gasteiger partial charge in [-0.15, -0.1) is 0 Å². The molecule has 2 aromatic rings. The fraction of sp³-hybridized carbons (Fsp3) is 0.364. The lowest BCUT2D eigenvalue weighted by Crippen LogP contribution is -2.20. The van der Waals surface area contributed by atoms with Gasteiger partial charge in [0.1, 0.15) is 5.75 Å². The molecule has 0 aliphatic rings. The Balaban J connectivity index is 1.84. The van der Waals surface area contributed by atoms with Gasteiger partial charge in [0.15, 0.2) is 6.61 Å². The van der Waals surface area contributed by atoms with Crippen LogP contribution in [0.25, 0.3) is 0 Å². The zero-order valence-corrected chi connectivity index (χ0v) is 16.0. The van der Waals surface area contributed by atoms with Crippen molar-refractivity contribution in [2.24, 2.45) is 0 Å². The van der Waals surface area contributed by atoms with E-state index < -0.39 is 0 Å². The predicted molar refractivity (Wildman–Crippen MR) is 106 cm³/mol. The highest BCUT2D eigenvalue weighted by Crippen LogP contribution is 2.15. The third-order valence-corrected chi connectivity index (χ3v) is 3.95. The summed E-state index contributed by atoms with van der Waals surface area (Å²) in [7, 11) is 0. The van der Waals surface area contributed by atoms with Crippen molar-refractivity contribution in [1.29, 1.82) is 0 Å². The highest BCUT2D eigenvalue weighted by atomic mass is 16.5. The molecule has 1 N–H and O–H groups in total. The molecule has 0 unspecified atom stereocenters. The normalized spacial score (nSPS) is 10.3. The Hall–Kier alpha value is -2.82. The van der Waals surface area contributed by atoms with Crippen molar-refractivity contribution in [3.63, 3.8) is 0 Å². The third-order valence-electron chi connectivity index (χ3n) is 3.95. The molecule has 27 heavy (non-hydrogen) atoms. The van der Waals surface area contributed by atoms with Crippen molar-refractivity contribution in [3.05, 3.63) is 59.7 Å². The predicted octanol–water partition coefficient (Wildman–Crippen LogP) is 4.61. The molecule has 0 spiro atoms. The van der Waals surface area contributed by atoms with Crippen LogP contribution in [0, 0.1) is 0 Å². The number of rotatable bonds is 10.